The zero-order chi connectivity index (χ0) is 9.71. The van der Waals surface area contributed by atoms with Crippen LogP contribution in [0.4, 0.5) is 0 Å². The quantitative estimate of drug-likeness (QED) is 0.591. The predicted octanol–water partition coefficient (Wildman–Crippen LogP) is 2.21. The molecule has 0 atom stereocenters. The summed E-state index contributed by atoms with van der Waals surface area (Å²) >= 11 is 0. The van der Waals surface area contributed by atoms with Crippen LogP contribution in [0.1, 0.15) is 41.5 Å². The Morgan fingerprint density at radius 3 is 1.00 bits per heavy atom. The van der Waals surface area contributed by atoms with Gasteiger partial charge in [-0.15, -0.1) is 0 Å². The van der Waals surface area contributed by atoms with E-state index < -0.39 is 5.60 Å². The molecule has 0 radical (unpaired) electrons. The molecule has 70 valence electrons. The van der Waals surface area contributed by atoms with Crippen LogP contribution in [0.3, 0.4) is 0 Å². The van der Waals surface area contributed by atoms with Gasteiger partial charge in [-0.3, -0.25) is 0 Å². The third kappa shape index (κ3) is 73.0. The van der Waals surface area contributed by atoms with E-state index in [0.29, 0.717) is 0 Å². The Morgan fingerprint density at radius 1 is 0.909 bits per heavy atom. The highest BCUT2D eigenvalue weighted by molar-refractivity contribution is 4.55. The Hall–Kier alpha value is -0.0800. The third-order valence-corrected chi connectivity index (χ3v) is 0.612. The zero-order valence-corrected chi connectivity index (χ0v) is 8.86. The summed E-state index contributed by atoms with van der Waals surface area (Å²) in [5.41, 5.74) is -0.458. The second-order valence-electron chi connectivity index (χ2n) is 4.49. The average Bonchev–Trinajstić information content (AvgIpc) is 1.59. The van der Waals surface area contributed by atoms with Crippen molar-refractivity contribution >= 4 is 0 Å². The van der Waals surface area contributed by atoms with Gasteiger partial charge in [0.05, 0.1) is 11.2 Å². The molecule has 2 heteroatoms. The summed E-state index contributed by atoms with van der Waals surface area (Å²) in [6.45, 7) is 11.3. The molecule has 0 saturated heterocycles. The molecule has 0 aliphatic rings. The highest BCUT2D eigenvalue weighted by atomic mass is 16.5. The van der Waals surface area contributed by atoms with Crippen LogP contribution < -0.4 is 0 Å². The van der Waals surface area contributed by atoms with Crippen LogP contribution in [0.25, 0.3) is 0 Å². The van der Waals surface area contributed by atoms with Crippen molar-refractivity contribution in [3.05, 3.63) is 0 Å². The zero-order valence-electron chi connectivity index (χ0n) is 8.86. The first-order valence-electron chi connectivity index (χ1n) is 3.84. The highest BCUT2D eigenvalue weighted by Gasteiger charge is 2.04. The van der Waals surface area contributed by atoms with Crippen molar-refractivity contribution < 1.29 is 9.84 Å². The molecule has 0 heterocycles. The van der Waals surface area contributed by atoms with Crippen molar-refractivity contribution in [2.24, 2.45) is 0 Å². The van der Waals surface area contributed by atoms with Gasteiger partial charge < -0.3 is 9.84 Å². The second kappa shape index (κ2) is 4.73. The van der Waals surface area contributed by atoms with E-state index in [0.717, 1.165) is 0 Å². The van der Waals surface area contributed by atoms with Crippen molar-refractivity contribution in [3.8, 4) is 0 Å². The molecule has 0 aliphatic carbocycles. The summed E-state index contributed by atoms with van der Waals surface area (Å²) in [4.78, 5) is 0. The van der Waals surface area contributed by atoms with E-state index in [1.165, 1.54) is 0 Å². The van der Waals surface area contributed by atoms with Gasteiger partial charge >= 0.3 is 0 Å². The first-order valence-corrected chi connectivity index (χ1v) is 3.84. The number of aliphatic hydroxyl groups is 1. The normalized spacial score (nSPS) is 12.0. The van der Waals surface area contributed by atoms with Crippen LogP contribution in [-0.2, 0) is 4.74 Å². The molecule has 0 spiro atoms. The number of hydrogen-bond acceptors (Lipinski definition) is 2. The fraction of sp³-hybridized carbons (Fsp3) is 1.00. The lowest BCUT2D eigenvalue weighted by Gasteiger charge is -2.14. The molecule has 0 bridgehead atoms. The number of hydrogen-bond donors (Lipinski definition) is 1. The van der Waals surface area contributed by atoms with Gasteiger partial charge in [-0.25, -0.2) is 0 Å². The Balaban J connectivity index is 0. The smallest absolute Gasteiger partial charge is 0.0594 e. The van der Waals surface area contributed by atoms with Crippen LogP contribution in [0.2, 0.25) is 0 Å². The monoisotopic (exact) mass is 162 g/mol. The molecule has 11 heavy (non-hydrogen) atoms. The molecule has 0 aromatic heterocycles. The molecule has 0 aromatic carbocycles. The maximum Gasteiger partial charge on any atom is 0.0594 e. The van der Waals surface area contributed by atoms with E-state index >= 15 is 0 Å². The van der Waals surface area contributed by atoms with Crippen LogP contribution in [0.15, 0.2) is 0 Å². The van der Waals surface area contributed by atoms with Gasteiger partial charge in [-0.1, -0.05) is 0 Å². The molecule has 0 rings (SSSR count). The Bertz CT molecular complexity index is 78.7. The maximum absolute atomic E-state index is 8.52. The van der Waals surface area contributed by atoms with Crippen molar-refractivity contribution in [1.82, 2.24) is 0 Å². The largest absolute Gasteiger partial charge is 0.391 e. The molecular weight excluding hydrogens is 140 g/mol. The minimum absolute atomic E-state index is 0.0417. The fourth-order valence-electron chi connectivity index (χ4n) is 0. The van der Waals surface area contributed by atoms with Gasteiger partial charge in [0.1, 0.15) is 0 Å². The van der Waals surface area contributed by atoms with E-state index in [1.807, 2.05) is 20.8 Å². The predicted molar refractivity (Wildman–Crippen MR) is 48.7 cm³/mol. The Morgan fingerprint density at radius 2 is 1.00 bits per heavy atom. The lowest BCUT2D eigenvalue weighted by atomic mass is 10.2. The molecule has 0 aromatic rings. The van der Waals surface area contributed by atoms with Crippen LogP contribution in [-0.4, -0.2) is 23.4 Å². The summed E-state index contributed by atoms with van der Waals surface area (Å²) in [6.07, 6.45) is 0. The van der Waals surface area contributed by atoms with Crippen LogP contribution in [0.5, 0.6) is 0 Å². The van der Waals surface area contributed by atoms with Crippen molar-refractivity contribution in [2.75, 3.05) is 7.11 Å². The Kier molecular flexibility index (Phi) is 5.81. The molecule has 0 amide bonds. The first kappa shape index (κ1) is 13.5. The van der Waals surface area contributed by atoms with E-state index in [9.17, 15) is 0 Å². The van der Waals surface area contributed by atoms with Crippen molar-refractivity contribution in [1.29, 1.82) is 0 Å². The molecule has 0 fully saturated rings. The minimum Gasteiger partial charge on any atom is -0.391 e. The lowest BCUT2D eigenvalue weighted by Crippen LogP contribution is -2.15. The Labute approximate surface area is 70.6 Å². The number of rotatable bonds is 0. The SMILES string of the molecule is CC(C)(C)O.COC(C)(C)C. The fourth-order valence-corrected chi connectivity index (χ4v) is 0. The topological polar surface area (TPSA) is 29.5 Å². The van der Waals surface area contributed by atoms with Gasteiger partial charge in [0.2, 0.25) is 0 Å². The molecule has 1 N–H and O–H groups in total. The van der Waals surface area contributed by atoms with Crippen molar-refractivity contribution in [2.45, 2.75) is 52.7 Å². The summed E-state index contributed by atoms with van der Waals surface area (Å²) in [5, 5.41) is 8.52. The van der Waals surface area contributed by atoms with E-state index in [4.69, 9.17) is 9.84 Å². The van der Waals surface area contributed by atoms with Gasteiger partial charge in [-0.2, -0.15) is 0 Å². The average molecular weight is 162 g/mol. The molecule has 0 saturated carbocycles. The third-order valence-electron chi connectivity index (χ3n) is 0.612. The van der Waals surface area contributed by atoms with Gasteiger partial charge in [0.25, 0.3) is 0 Å². The summed E-state index contributed by atoms with van der Waals surface area (Å²) in [5.74, 6) is 0. The summed E-state index contributed by atoms with van der Waals surface area (Å²) in [6, 6.07) is 0. The maximum atomic E-state index is 8.52. The lowest BCUT2D eigenvalue weighted by molar-refractivity contribution is 0.0397. The number of ether oxygens (including phenoxy) is 1. The van der Waals surface area contributed by atoms with E-state index in [-0.39, 0.29) is 5.60 Å². The molecule has 2 nitrogen and oxygen atoms in total. The van der Waals surface area contributed by atoms with E-state index in [1.54, 1.807) is 27.9 Å². The second-order valence-corrected chi connectivity index (χ2v) is 4.49. The van der Waals surface area contributed by atoms with Crippen LogP contribution >= 0.6 is 0 Å². The van der Waals surface area contributed by atoms with Gasteiger partial charge in [0.15, 0.2) is 0 Å². The first-order chi connectivity index (χ1) is 4.56. The minimum atomic E-state index is -0.500. The summed E-state index contributed by atoms with van der Waals surface area (Å²) in [7, 11) is 1.71. The number of methoxy groups -OCH3 is 1. The molecule has 0 unspecified atom stereocenters. The van der Waals surface area contributed by atoms with Crippen molar-refractivity contribution in [3.63, 3.8) is 0 Å². The molecule has 0 aliphatic heterocycles. The van der Waals surface area contributed by atoms with Gasteiger partial charge in [0, 0.05) is 7.11 Å². The van der Waals surface area contributed by atoms with E-state index in [2.05, 4.69) is 0 Å². The standard InChI is InChI=1S/C5H12O.C4H10O/c1-5(2,3)6-4;1-4(2,3)5/h1-4H3;5H,1-3H3. The van der Waals surface area contributed by atoms with Gasteiger partial charge in [-0.05, 0) is 41.5 Å². The molecular formula is C9H22O2. The van der Waals surface area contributed by atoms with Crippen LogP contribution in [0, 0.1) is 0 Å². The highest BCUT2D eigenvalue weighted by Crippen LogP contribution is 2.02. The summed E-state index contributed by atoms with van der Waals surface area (Å²) < 4.78 is 4.94.